The Morgan fingerprint density at radius 1 is 1.39 bits per heavy atom. The Balaban J connectivity index is 2.34. The molecule has 1 aromatic heterocycles. The zero-order chi connectivity index (χ0) is 13.1. The van der Waals surface area contributed by atoms with Crippen molar-refractivity contribution in [2.45, 2.75) is 13.0 Å². The van der Waals surface area contributed by atoms with Gasteiger partial charge in [-0.15, -0.1) is 0 Å². The molecular weight excluding hydrogens is 235 g/mol. The number of rotatable bonds is 3. The molecule has 94 valence electrons. The highest BCUT2D eigenvalue weighted by Gasteiger charge is 2.17. The molecule has 0 radical (unpaired) electrons. The van der Waals surface area contributed by atoms with E-state index in [0.717, 1.165) is 5.56 Å². The van der Waals surface area contributed by atoms with Crippen molar-refractivity contribution in [2.24, 2.45) is 0 Å². The van der Waals surface area contributed by atoms with E-state index in [-0.39, 0.29) is 11.9 Å². The molecule has 4 nitrogen and oxygen atoms in total. The number of hydrogen-bond acceptors (Lipinski definition) is 3. The van der Waals surface area contributed by atoms with E-state index in [2.05, 4.69) is 9.72 Å². The first-order chi connectivity index (χ1) is 8.63. The van der Waals surface area contributed by atoms with E-state index in [0.29, 0.717) is 5.69 Å². The Hall–Kier alpha value is -2.17. The Bertz CT molecular complexity index is 548. The summed E-state index contributed by atoms with van der Waals surface area (Å²) in [5.41, 5.74) is 1.26. The van der Waals surface area contributed by atoms with Crippen molar-refractivity contribution in [1.82, 2.24) is 9.55 Å². The number of esters is 1. The zero-order valence-corrected chi connectivity index (χ0v) is 10.1. The van der Waals surface area contributed by atoms with Gasteiger partial charge in [-0.25, -0.2) is 14.2 Å². The fraction of sp³-hybridized carbons (Fsp3) is 0.231. The van der Waals surface area contributed by atoms with Crippen LogP contribution in [0.15, 0.2) is 36.8 Å². The van der Waals surface area contributed by atoms with Crippen LogP contribution in [0.5, 0.6) is 0 Å². The van der Waals surface area contributed by atoms with E-state index in [1.54, 1.807) is 23.0 Å². The maximum Gasteiger partial charge on any atom is 0.356 e. The van der Waals surface area contributed by atoms with Crippen LogP contribution in [-0.2, 0) is 4.74 Å². The number of carbonyl (C=O) groups is 1. The molecule has 2 aromatic rings. The van der Waals surface area contributed by atoms with E-state index in [1.165, 1.54) is 25.4 Å². The Morgan fingerprint density at radius 2 is 2.06 bits per heavy atom. The van der Waals surface area contributed by atoms with Crippen molar-refractivity contribution < 1.29 is 13.9 Å². The van der Waals surface area contributed by atoms with Gasteiger partial charge in [0.05, 0.1) is 25.7 Å². The summed E-state index contributed by atoms with van der Waals surface area (Å²) in [6.07, 6.45) is 3.01. The smallest absolute Gasteiger partial charge is 0.356 e. The third kappa shape index (κ3) is 2.25. The van der Waals surface area contributed by atoms with Crippen molar-refractivity contribution in [3.63, 3.8) is 0 Å². The lowest BCUT2D eigenvalue weighted by Gasteiger charge is -2.15. The molecule has 0 amide bonds. The SMILES string of the molecule is COC(=O)c1cncn1[C@@H](C)c1ccc(F)cc1. The molecule has 1 atom stereocenters. The number of methoxy groups -OCH3 is 1. The average molecular weight is 248 g/mol. The minimum Gasteiger partial charge on any atom is -0.464 e. The van der Waals surface area contributed by atoms with Crippen LogP contribution in [0.2, 0.25) is 0 Å². The highest BCUT2D eigenvalue weighted by Crippen LogP contribution is 2.20. The Labute approximate surface area is 104 Å². The van der Waals surface area contributed by atoms with Crippen LogP contribution in [0.4, 0.5) is 4.39 Å². The molecule has 0 spiro atoms. The lowest BCUT2D eigenvalue weighted by Crippen LogP contribution is -2.14. The van der Waals surface area contributed by atoms with Crippen LogP contribution < -0.4 is 0 Å². The monoisotopic (exact) mass is 248 g/mol. The number of carbonyl (C=O) groups excluding carboxylic acids is 1. The van der Waals surface area contributed by atoms with Crippen LogP contribution >= 0.6 is 0 Å². The molecule has 5 heteroatoms. The van der Waals surface area contributed by atoms with E-state index in [9.17, 15) is 9.18 Å². The number of aromatic nitrogens is 2. The number of imidazole rings is 1. The average Bonchev–Trinajstić information content (AvgIpc) is 2.87. The minimum absolute atomic E-state index is 0.123. The number of nitrogens with zero attached hydrogens (tertiary/aromatic N) is 2. The van der Waals surface area contributed by atoms with Gasteiger partial charge < -0.3 is 9.30 Å². The van der Waals surface area contributed by atoms with Crippen LogP contribution in [0.1, 0.15) is 29.0 Å². The summed E-state index contributed by atoms with van der Waals surface area (Å²) in [6, 6.07) is 6.02. The molecule has 0 unspecified atom stereocenters. The van der Waals surface area contributed by atoms with E-state index in [4.69, 9.17) is 0 Å². The molecule has 0 aliphatic rings. The van der Waals surface area contributed by atoms with E-state index < -0.39 is 5.97 Å². The summed E-state index contributed by atoms with van der Waals surface area (Å²) in [5.74, 6) is -0.730. The predicted molar refractivity (Wildman–Crippen MR) is 63.8 cm³/mol. The first-order valence-corrected chi connectivity index (χ1v) is 5.49. The number of benzene rings is 1. The van der Waals surface area contributed by atoms with Gasteiger partial charge in [-0.2, -0.15) is 0 Å². The summed E-state index contributed by atoms with van der Waals surface area (Å²) in [5, 5.41) is 0. The van der Waals surface area contributed by atoms with Gasteiger partial charge >= 0.3 is 5.97 Å². The summed E-state index contributed by atoms with van der Waals surface area (Å²) < 4.78 is 19.2. The van der Waals surface area contributed by atoms with Crippen LogP contribution in [0.3, 0.4) is 0 Å². The number of ether oxygens (including phenoxy) is 1. The molecule has 0 bridgehead atoms. The molecule has 0 aliphatic carbocycles. The van der Waals surface area contributed by atoms with Gasteiger partial charge in [0.1, 0.15) is 11.5 Å². The molecule has 0 N–H and O–H groups in total. The van der Waals surface area contributed by atoms with Crippen molar-refractivity contribution in [3.8, 4) is 0 Å². The second-order valence-electron chi connectivity index (χ2n) is 3.91. The van der Waals surface area contributed by atoms with Crippen LogP contribution in [0, 0.1) is 5.82 Å². The largest absolute Gasteiger partial charge is 0.464 e. The van der Waals surface area contributed by atoms with Gasteiger partial charge in [0.25, 0.3) is 0 Å². The zero-order valence-electron chi connectivity index (χ0n) is 10.1. The van der Waals surface area contributed by atoms with Gasteiger partial charge in [-0.1, -0.05) is 12.1 Å². The summed E-state index contributed by atoms with van der Waals surface area (Å²) in [6.45, 7) is 1.90. The molecule has 0 saturated heterocycles. The first kappa shape index (κ1) is 12.3. The fourth-order valence-electron chi connectivity index (χ4n) is 1.78. The fourth-order valence-corrected chi connectivity index (χ4v) is 1.78. The van der Waals surface area contributed by atoms with E-state index in [1.807, 2.05) is 6.92 Å². The predicted octanol–water partition coefficient (Wildman–Crippen LogP) is 2.42. The van der Waals surface area contributed by atoms with Gasteiger partial charge in [0, 0.05) is 0 Å². The lowest BCUT2D eigenvalue weighted by molar-refractivity contribution is 0.0587. The molecular formula is C13H13FN2O2. The molecule has 18 heavy (non-hydrogen) atoms. The number of halogens is 1. The molecule has 1 heterocycles. The second-order valence-corrected chi connectivity index (χ2v) is 3.91. The highest BCUT2D eigenvalue weighted by molar-refractivity contribution is 5.87. The lowest BCUT2D eigenvalue weighted by atomic mass is 10.1. The maximum atomic E-state index is 12.9. The van der Waals surface area contributed by atoms with Crippen LogP contribution in [-0.4, -0.2) is 22.6 Å². The van der Waals surface area contributed by atoms with E-state index >= 15 is 0 Å². The Kier molecular flexibility index (Phi) is 3.41. The van der Waals surface area contributed by atoms with Crippen LogP contribution in [0.25, 0.3) is 0 Å². The first-order valence-electron chi connectivity index (χ1n) is 5.49. The topological polar surface area (TPSA) is 44.1 Å². The molecule has 0 fully saturated rings. The van der Waals surface area contributed by atoms with Gasteiger partial charge in [0.15, 0.2) is 0 Å². The van der Waals surface area contributed by atoms with Crippen molar-refractivity contribution >= 4 is 5.97 Å². The standard InChI is InChI=1S/C13H13FN2O2/c1-9(10-3-5-11(14)6-4-10)16-8-15-7-12(16)13(17)18-2/h3-9H,1-2H3/t9-/m0/s1. The quantitative estimate of drug-likeness (QED) is 0.783. The number of hydrogen-bond donors (Lipinski definition) is 0. The van der Waals surface area contributed by atoms with Crippen molar-refractivity contribution in [3.05, 3.63) is 53.9 Å². The van der Waals surface area contributed by atoms with Gasteiger partial charge in [-0.05, 0) is 24.6 Å². The third-order valence-electron chi connectivity index (χ3n) is 2.83. The summed E-state index contributed by atoms with van der Waals surface area (Å²) in [7, 11) is 1.32. The van der Waals surface area contributed by atoms with Crippen molar-refractivity contribution in [1.29, 1.82) is 0 Å². The second kappa shape index (κ2) is 5.00. The van der Waals surface area contributed by atoms with Crippen molar-refractivity contribution in [2.75, 3.05) is 7.11 Å². The molecule has 1 aromatic carbocycles. The minimum atomic E-state index is -0.443. The van der Waals surface area contributed by atoms with Gasteiger partial charge in [0.2, 0.25) is 0 Å². The molecule has 2 rings (SSSR count). The highest BCUT2D eigenvalue weighted by atomic mass is 19.1. The normalized spacial score (nSPS) is 12.2. The summed E-state index contributed by atoms with van der Waals surface area (Å²) in [4.78, 5) is 15.5. The molecule has 0 saturated carbocycles. The van der Waals surface area contributed by atoms with Gasteiger partial charge in [-0.3, -0.25) is 0 Å². The Morgan fingerprint density at radius 3 is 2.67 bits per heavy atom. The maximum absolute atomic E-state index is 12.9. The summed E-state index contributed by atoms with van der Waals surface area (Å²) >= 11 is 0. The third-order valence-corrected chi connectivity index (χ3v) is 2.83. The molecule has 0 aliphatic heterocycles.